The molecule has 1 rings (SSSR count). The molecule has 3 N–H and O–H groups in total. The number of hydrogen-bond donors (Lipinski definition) is 2. The van der Waals surface area contributed by atoms with Gasteiger partial charge in [-0.15, -0.1) is 0 Å². The maximum absolute atomic E-state index is 5.45. The van der Waals surface area contributed by atoms with E-state index in [1.54, 1.807) is 0 Å². The zero-order valence-electron chi connectivity index (χ0n) is 8.59. The normalized spacial score (nSPS) is 29.1. The average Bonchev–Trinajstić information content (AvgIpc) is 2.19. The van der Waals surface area contributed by atoms with Crippen LogP contribution < -0.4 is 11.1 Å². The molecule has 0 heterocycles. The lowest BCUT2D eigenvalue weighted by molar-refractivity contribution is 0.380. The van der Waals surface area contributed by atoms with Crippen molar-refractivity contribution < 1.29 is 0 Å². The number of nitrogens with one attached hydrogen (secondary N) is 1. The van der Waals surface area contributed by atoms with Gasteiger partial charge in [-0.1, -0.05) is 6.42 Å². The van der Waals surface area contributed by atoms with Gasteiger partial charge in [-0.05, 0) is 45.0 Å². The maximum atomic E-state index is 5.45. The van der Waals surface area contributed by atoms with Crippen molar-refractivity contribution in [3.63, 3.8) is 0 Å². The number of nitrogens with two attached hydrogens (primary N) is 1. The molecule has 0 saturated heterocycles. The van der Waals surface area contributed by atoms with E-state index in [0.717, 1.165) is 30.8 Å². The second kappa shape index (κ2) is 6.68. The van der Waals surface area contributed by atoms with Gasteiger partial charge < -0.3 is 11.1 Å². The molecule has 0 bridgehead atoms. The van der Waals surface area contributed by atoms with E-state index in [2.05, 4.69) is 11.6 Å². The van der Waals surface area contributed by atoms with Gasteiger partial charge >= 0.3 is 0 Å². The Morgan fingerprint density at radius 2 is 2.31 bits per heavy atom. The minimum Gasteiger partial charge on any atom is -0.330 e. The Hall–Kier alpha value is 0.270. The summed E-state index contributed by atoms with van der Waals surface area (Å²) in [7, 11) is 0. The molecule has 78 valence electrons. The van der Waals surface area contributed by atoms with Crippen LogP contribution in [0.2, 0.25) is 0 Å². The van der Waals surface area contributed by atoms with E-state index in [-0.39, 0.29) is 0 Å². The molecule has 0 aromatic heterocycles. The first-order chi connectivity index (χ1) is 6.36. The highest BCUT2D eigenvalue weighted by Crippen LogP contribution is 2.26. The molecule has 0 aromatic rings. The second-order valence-corrected chi connectivity index (χ2v) is 4.96. The lowest BCUT2D eigenvalue weighted by Gasteiger charge is -2.28. The first kappa shape index (κ1) is 11.3. The molecule has 1 aliphatic carbocycles. The Kier molecular flexibility index (Phi) is 5.83. The van der Waals surface area contributed by atoms with E-state index >= 15 is 0 Å². The average molecular weight is 202 g/mol. The van der Waals surface area contributed by atoms with Gasteiger partial charge in [0.1, 0.15) is 0 Å². The summed E-state index contributed by atoms with van der Waals surface area (Å²) in [5.41, 5.74) is 5.45. The van der Waals surface area contributed by atoms with Crippen molar-refractivity contribution in [2.75, 3.05) is 19.3 Å². The van der Waals surface area contributed by atoms with Crippen LogP contribution in [0, 0.1) is 0 Å². The fourth-order valence-corrected chi connectivity index (χ4v) is 2.78. The quantitative estimate of drug-likeness (QED) is 0.665. The van der Waals surface area contributed by atoms with Crippen molar-refractivity contribution in [2.45, 2.75) is 43.4 Å². The molecule has 0 amide bonds. The van der Waals surface area contributed by atoms with Crippen molar-refractivity contribution in [2.24, 2.45) is 5.73 Å². The molecule has 13 heavy (non-hydrogen) atoms. The third-order valence-electron chi connectivity index (χ3n) is 2.77. The van der Waals surface area contributed by atoms with E-state index in [0.29, 0.717) is 0 Å². The zero-order chi connectivity index (χ0) is 9.52. The van der Waals surface area contributed by atoms with Gasteiger partial charge in [0.25, 0.3) is 0 Å². The molecule has 0 spiro atoms. The van der Waals surface area contributed by atoms with Crippen LogP contribution >= 0.6 is 11.8 Å². The maximum Gasteiger partial charge on any atom is 0.00776 e. The molecule has 2 nitrogen and oxygen atoms in total. The standard InChI is InChI=1S/C10H22N2S/c1-13-10-5-2-4-9(8-10)12-7-3-6-11/h9-10,12H,2-8,11H2,1H3. The fourth-order valence-electron chi connectivity index (χ4n) is 1.95. The third-order valence-corrected chi connectivity index (χ3v) is 3.87. The lowest BCUT2D eigenvalue weighted by Crippen LogP contribution is -2.36. The number of thioether (sulfide) groups is 1. The van der Waals surface area contributed by atoms with Crippen molar-refractivity contribution >= 4 is 11.8 Å². The molecular formula is C10H22N2S. The highest BCUT2D eigenvalue weighted by Gasteiger charge is 2.20. The molecular weight excluding hydrogens is 180 g/mol. The van der Waals surface area contributed by atoms with E-state index in [1.165, 1.54) is 25.7 Å². The lowest BCUT2D eigenvalue weighted by atomic mass is 9.95. The molecule has 2 atom stereocenters. The minimum atomic E-state index is 0.762. The van der Waals surface area contributed by atoms with Gasteiger partial charge in [0.05, 0.1) is 0 Å². The Morgan fingerprint density at radius 1 is 1.46 bits per heavy atom. The molecule has 2 unspecified atom stereocenters. The van der Waals surface area contributed by atoms with E-state index in [4.69, 9.17) is 5.73 Å². The monoisotopic (exact) mass is 202 g/mol. The molecule has 0 radical (unpaired) electrons. The SMILES string of the molecule is CSC1CCCC(NCCCN)C1. The summed E-state index contributed by atoms with van der Waals surface area (Å²) < 4.78 is 0. The van der Waals surface area contributed by atoms with Crippen LogP contribution in [0.1, 0.15) is 32.1 Å². The second-order valence-electron chi connectivity index (χ2n) is 3.82. The molecule has 1 fully saturated rings. The molecule has 1 saturated carbocycles. The van der Waals surface area contributed by atoms with Crippen LogP contribution in [0.15, 0.2) is 0 Å². The largest absolute Gasteiger partial charge is 0.330 e. The zero-order valence-corrected chi connectivity index (χ0v) is 9.41. The van der Waals surface area contributed by atoms with Gasteiger partial charge in [0, 0.05) is 11.3 Å². The number of rotatable bonds is 5. The summed E-state index contributed by atoms with van der Waals surface area (Å²) in [6, 6.07) is 0.762. The predicted octanol–water partition coefficient (Wildman–Crippen LogP) is 1.60. The van der Waals surface area contributed by atoms with E-state index < -0.39 is 0 Å². The van der Waals surface area contributed by atoms with Crippen molar-refractivity contribution in [3.05, 3.63) is 0 Å². The van der Waals surface area contributed by atoms with Crippen LogP contribution in [0.4, 0.5) is 0 Å². The summed E-state index contributed by atoms with van der Waals surface area (Å²) in [5, 5.41) is 4.49. The molecule has 3 heteroatoms. The number of hydrogen-bond acceptors (Lipinski definition) is 3. The topological polar surface area (TPSA) is 38.0 Å². The molecule has 0 aromatic carbocycles. The Morgan fingerprint density at radius 3 is 3.00 bits per heavy atom. The van der Waals surface area contributed by atoms with Gasteiger partial charge in [0.15, 0.2) is 0 Å². The van der Waals surface area contributed by atoms with Gasteiger partial charge in [-0.25, -0.2) is 0 Å². The fraction of sp³-hybridized carbons (Fsp3) is 1.00. The summed E-state index contributed by atoms with van der Waals surface area (Å²) in [6.45, 7) is 1.91. The third kappa shape index (κ3) is 4.34. The van der Waals surface area contributed by atoms with Crippen molar-refractivity contribution in [3.8, 4) is 0 Å². The Balaban J connectivity index is 2.11. The van der Waals surface area contributed by atoms with Crippen LogP contribution in [0.3, 0.4) is 0 Å². The highest BCUT2D eigenvalue weighted by atomic mass is 32.2. The first-order valence-corrected chi connectivity index (χ1v) is 6.62. The molecule has 0 aliphatic heterocycles. The Labute approximate surface area is 86.0 Å². The molecule has 1 aliphatic rings. The smallest absolute Gasteiger partial charge is 0.00776 e. The van der Waals surface area contributed by atoms with Crippen molar-refractivity contribution in [1.29, 1.82) is 0 Å². The summed E-state index contributed by atoms with van der Waals surface area (Å²) in [4.78, 5) is 0. The minimum absolute atomic E-state index is 0.762. The van der Waals surface area contributed by atoms with Crippen LogP contribution in [-0.4, -0.2) is 30.6 Å². The highest BCUT2D eigenvalue weighted by molar-refractivity contribution is 7.99. The Bertz CT molecular complexity index is 130. The summed E-state index contributed by atoms with van der Waals surface area (Å²) >= 11 is 2.02. The van der Waals surface area contributed by atoms with Gasteiger partial charge in [-0.2, -0.15) is 11.8 Å². The predicted molar refractivity (Wildman–Crippen MR) is 61.2 cm³/mol. The van der Waals surface area contributed by atoms with Crippen LogP contribution in [0.5, 0.6) is 0 Å². The van der Waals surface area contributed by atoms with Crippen LogP contribution in [-0.2, 0) is 0 Å². The van der Waals surface area contributed by atoms with Gasteiger partial charge in [-0.3, -0.25) is 0 Å². The summed E-state index contributed by atoms with van der Waals surface area (Å²) in [5.74, 6) is 0. The van der Waals surface area contributed by atoms with E-state index in [9.17, 15) is 0 Å². The summed E-state index contributed by atoms with van der Waals surface area (Å²) in [6.07, 6.45) is 8.86. The van der Waals surface area contributed by atoms with E-state index in [1.807, 2.05) is 11.8 Å². The van der Waals surface area contributed by atoms with Crippen molar-refractivity contribution in [1.82, 2.24) is 5.32 Å². The first-order valence-electron chi connectivity index (χ1n) is 5.33. The van der Waals surface area contributed by atoms with Gasteiger partial charge in [0.2, 0.25) is 0 Å². The van der Waals surface area contributed by atoms with Crippen LogP contribution in [0.25, 0.3) is 0 Å².